The van der Waals surface area contributed by atoms with Gasteiger partial charge < -0.3 is 10.1 Å². The van der Waals surface area contributed by atoms with Crippen molar-refractivity contribution in [3.63, 3.8) is 0 Å². The van der Waals surface area contributed by atoms with E-state index in [1.54, 1.807) is 11.3 Å². The molecule has 4 heteroatoms. The summed E-state index contributed by atoms with van der Waals surface area (Å²) >= 11 is 1.66. The number of hydrogen-bond donors (Lipinski definition) is 1. The monoisotopic (exact) mass is 262 g/mol. The molecule has 0 aliphatic heterocycles. The fraction of sp³-hybridized carbons (Fsp3) is 0.357. The van der Waals surface area contributed by atoms with Gasteiger partial charge in [0.05, 0.1) is 5.69 Å². The van der Waals surface area contributed by atoms with Crippen molar-refractivity contribution < 1.29 is 4.74 Å². The lowest BCUT2D eigenvalue weighted by Gasteiger charge is -2.06. The summed E-state index contributed by atoms with van der Waals surface area (Å²) in [5, 5.41) is 6.24. The molecule has 0 bridgehead atoms. The molecule has 0 fully saturated rings. The third kappa shape index (κ3) is 3.55. The van der Waals surface area contributed by atoms with Crippen LogP contribution >= 0.6 is 11.3 Å². The Bertz CT molecular complexity index is 502. The molecular weight excluding hydrogens is 244 g/mol. The maximum Gasteiger partial charge on any atom is 0.131 e. The lowest BCUT2D eigenvalue weighted by Crippen LogP contribution is -2.05. The zero-order valence-corrected chi connectivity index (χ0v) is 11.8. The number of aryl methyl sites for hydroxylation is 2. The molecule has 0 spiro atoms. The molecule has 0 atom stereocenters. The highest BCUT2D eigenvalue weighted by atomic mass is 32.1. The number of rotatable bonds is 5. The summed E-state index contributed by atoms with van der Waals surface area (Å²) in [6, 6.07) is 6.24. The molecule has 1 N–H and O–H groups in total. The Morgan fingerprint density at radius 2 is 1.94 bits per heavy atom. The molecule has 3 nitrogen and oxygen atoms in total. The fourth-order valence-corrected chi connectivity index (χ4v) is 2.61. The first-order chi connectivity index (χ1) is 8.67. The molecule has 0 amide bonds. The molecule has 2 aromatic rings. The zero-order valence-electron chi connectivity index (χ0n) is 11.0. The van der Waals surface area contributed by atoms with Crippen molar-refractivity contribution >= 4 is 11.3 Å². The lowest BCUT2D eigenvalue weighted by molar-refractivity contribution is 0.301. The van der Waals surface area contributed by atoms with Gasteiger partial charge in [-0.05, 0) is 44.2 Å². The van der Waals surface area contributed by atoms with Gasteiger partial charge in [0.1, 0.15) is 17.4 Å². The molecule has 1 heterocycles. The van der Waals surface area contributed by atoms with Crippen LogP contribution in [0.1, 0.15) is 21.8 Å². The second kappa shape index (κ2) is 5.98. The topological polar surface area (TPSA) is 34.2 Å². The van der Waals surface area contributed by atoms with Crippen molar-refractivity contribution in [3.8, 4) is 5.75 Å². The average molecular weight is 262 g/mol. The number of ether oxygens (including phenoxy) is 1. The normalized spacial score (nSPS) is 10.6. The minimum Gasteiger partial charge on any atom is -0.487 e. The second-order valence-electron chi connectivity index (χ2n) is 4.38. The van der Waals surface area contributed by atoms with Gasteiger partial charge in [-0.2, -0.15) is 0 Å². The Balaban J connectivity index is 1.97. The summed E-state index contributed by atoms with van der Waals surface area (Å²) in [6.45, 7) is 5.50. The smallest absolute Gasteiger partial charge is 0.131 e. The number of benzene rings is 1. The fourth-order valence-electron chi connectivity index (χ4n) is 1.82. The molecule has 0 saturated heterocycles. The van der Waals surface area contributed by atoms with E-state index in [-0.39, 0.29) is 0 Å². The van der Waals surface area contributed by atoms with Crippen LogP contribution in [0.2, 0.25) is 0 Å². The highest BCUT2D eigenvalue weighted by Crippen LogP contribution is 2.18. The molecule has 96 valence electrons. The minimum atomic E-state index is 0.531. The SMILES string of the molecule is CNCc1nc(COc2cc(C)cc(C)c2)cs1. The predicted molar refractivity (Wildman–Crippen MR) is 75.1 cm³/mol. The summed E-state index contributed by atoms with van der Waals surface area (Å²) < 4.78 is 5.77. The second-order valence-corrected chi connectivity index (χ2v) is 5.32. The molecule has 18 heavy (non-hydrogen) atoms. The van der Waals surface area contributed by atoms with Gasteiger partial charge in [-0.25, -0.2) is 4.98 Å². The van der Waals surface area contributed by atoms with Crippen LogP contribution in [-0.2, 0) is 13.2 Å². The Morgan fingerprint density at radius 1 is 1.22 bits per heavy atom. The number of hydrogen-bond acceptors (Lipinski definition) is 4. The van der Waals surface area contributed by atoms with Crippen molar-refractivity contribution in [1.82, 2.24) is 10.3 Å². The maximum atomic E-state index is 5.77. The van der Waals surface area contributed by atoms with Crippen LogP contribution in [0.25, 0.3) is 0 Å². The first kappa shape index (κ1) is 13.1. The first-order valence-corrected chi connectivity index (χ1v) is 6.84. The Labute approximate surface area is 112 Å². The van der Waals surface area contributed by atoms with E-state index < -0.39 is 0 Å². The van der Waals surface area contributed by atoms with Crippen LogP contribution in [0.4, 0.5) is 0 Å². The molecule has 0 aliphatic rings. The number of aromatic nitrogens is 1. The zero-order chi connectivity index (χ0) is 13.0. The molecule has 1 aromatic carbocycles. The van der Waals surface area contributed by atoms with Gasteiger partial charge in [-0.3, -0.25) is 0 Å². The largest absolute Gasteiger partial charge is 0.487 e. The predicted octanol–water partition coefficient (Wildman–Crippen LogP) is 3.06. The van der Waals surface area contributed by atoms with E-state index in [4.69, 9.17) is 4.74 Å². The first-order valence-electron chi connectivity index (χ1n) is 5.96. The molecule has 0 saturated carbocycles. The Hall–Kier alpha value is -1.39. The van der Waals surface area contributed by atoms with Crippen molar-refractivity contribution in [2.75, 3.05) is 7.05 Å². The highest BCUT2D eigenvalue weighted by molar-refractivity contribution is 7.09. The Morgan fingerprint density at radius 3 is 2.61 bits per heavy atom. The van der Waals surface area contributed by atoms with Crippen molar-refractivity contribution in [1.29, 1.82) is 0 Å². The summed E-state index contributed by atoms with van der Waals surface area (Å²) in [7, 11) is 1.92. The van der Waals surface area contributed by atoms with Crippen LogP contribution in [-0.4, -0.2) is 12.0 Å². The molecule has 0 radical (unpaired) electrons. The summed E-state index contributed by atoms with van der Waals surface area (Å²) in [5.41, 5.74) is 3.43. The van der Waals surface area contributed by atoms with Gasteiger partial charge in [0.25, 0.3) is 0 Å². The molecular formula is C14H18N2OS. The van der Waals surface area contributed by atoms with Crippen LogP contribution in [0.15, 0.2) is 23.6 Å². The molecule has 0 unspecified atom stereocenters. The van der Waals surface area contributed by atoms with Crippen molar-refractivity contribution in [2.45, 2.75) is 27.0 Å². The Kier molecular flexibility index (Phi) is 4.33. The number of thiazole rings is 1. The van der Waals surface area contributed by atoms with E-state index in [1.807, 2.05) is 19.2 Å². The summed E-state index contributed by atoms with van der Waals surface area (Å²) in [4.78, 5) is 4.49. The maximum absolute atomic E-state index is 5.77. The molecule has 1 aromatic heterocycles. The van der Waals surface area contributed by atoms with Crippen LogP contribution < -0.4 is 10.1 Å². The van der Waals surface area contributed by atoms with Gasteiger partial charge in [-0.15, -0.1) is 11.3 Å². The van der Waals surface area contributed by atoms with E-state index in [1.165, 1.54) is 11.1 Å². The van der Waals surface area contributed by atoms with E-state index in [2.05, 4.69) is 35.6 Å². The summed E-state index contributed by atoms with van der Waals surface area (Å²) in [6.07, 6.45) is 0. The van der Waals surface area contributed by atoms with Gasteiger partial charge >= 0.3 is 0 Å². The van der Waals surface area contributed by atoms with Crippen LogP contribution in [0, 0.1) is 13.8 Å². The van der Waals surface area contributed by atoms with Gasteiger partial charge in [-0.1, -0.05) is 6.07 Å². The molecule has 0 aliphatic carbocycles. The van der Waals surface area contributed by atoms with Gasteiger partial charge in [0.2, 0.25) is 0 Å². The van der Waals surface area contributed by atoms with Gasteiger partial charge in [0, 0.05) is 11.9 Å². The van der Waals surface area contributed by atoms with E-state index in [0.29, 0.717) is 6.61 Å². The average Bonchev–Trinajstić information content (AvgIpc) is 2.74. The van der Waals surface area contributed by atoms with E-state index in [9.17, 15) is 0 Å². The molecule has 2 rings (SSSR count). The van der Waals surface area contributed by atoms with E-state index in [0.717, 1.165) is 23.0 Å². The van der Waals surface area contributed by atoms with Crippen molar-refractivity contribution in [2.24, 2.45) is 0 Å². The van der Waals surface area contributed by atoms with Crippen LogP contribution in [0.3, 0.4) is 0 Å². The van der Waals surface area contributed by atoms with Gasteiger partial charge in [0.15, 0.2) is 0 Å². The minimum absolute atomic E-state index is 0.531. The quantitative estimate of drug-likeness (QED) is 0.899. The lowest BCUT2D eigenvalue weighted by atomic mass is 10.1. The third-order valence-electron chi connectivity index (χ3n) is 2.51. The number of nitrogens with zero attached hydrogens (tertiary/aromatic N) is 1. The third-order valence-corrected chi connectivity index (χ3v) is 3.41. The highest BCUT2D eigenvalue weighted by Gasteiger charge is 2.03. The standard InChI is InChI=1S/C14H18N2OS/c1-10-4-11(2)6-13(5-10)17-8-12-9-18-14(16-12)7-15-3/h4-6,9,15H,7-8H2,1-3H3. The summed E-state index contributed by atoms with van der Waals surface area (Å²) in [5.74, 6) is 0.913. The number of nitrogens with one attached hydrogen (secondary N) is 1. The van der Waals surface area contributed by atoms with Crippen molar-refractivity contribution in [3.05, 3.63) is 45.4 Å². The van der Waals surface area contributed by atoms with E-state index >= 15 is 0 Å². The van der Waals surface area contributed by atoms with Crippen LogP contribution in [0.5, 0.6) is 5.75 Å².